The topological polar surface area (TPSA) is 43.1 Å². The summed E-state index contributed by atoms with van der Waals surface area (Å²) in [7, 11) is 0. The number of allylic oxidation sites excluding steroid dienone is 1. The second-order valence-corrected chi connectivity index (χ2v) is 1.86. The fourth-order valence-corrected chi connectivity index (χ4v) is 0.666. The molecule has 0 aromatic heterocycles. The number of primary amides is 1. The van der Waals surface area contributed by atoms with Crippen molar-refractivity contribution < 1.29 is 4.79 Å². The number of rotatable bonds is 3. The lowest BCUT2D eigenvalue weighted by molar-refractivity contribution is -0.114. The van der Waals surface area contributed by atoms with Crippen LogP contribution in [0.2, 0.25) is 0 Å². The predicted molar refractivity (Wildman–Crippen MR) is 37.9 cm³/mol. The monoisotopic (exact) mass is 127 g/mol. The Morgan fingerprint density at radius 1 is 1.56 bits per heavy atom. The second kappa shape index (κ2) is 4.13. The summed E-state index contributed by atoms with van der Waals surface area (Å²) in [4.78, 5) is 10.5. The fourth-order valence-electron chi connectivity index (χ4n) is 0.666. The van der Waals surface area contributed by atoms with Crippen molar-refractivity contribution in [3.63, 3.8) is 0 Å². The molecule has 9 heavy (non-hydrogen) atoms. The van der Waals surface area contributed by atoms with Crippen LogP contribution in [0.1, 0.15) is 26.7 Å². The van der Waals surface area contributed by atoms with Gasteiger partial charge in [-0.15, -0.1) is 0 Å². The van der Waals surface area contributed by atoms with E-state index >= 15 is 0 Å². The number of hydrogen-bond donors (Lipinski definition) is 1. The highest BCUT2D eigenvalue weighted by atomic mass is 16.1. The smallest absolute Gasteiger partial charge is 0.244 e. The van der Waals surface area contributed by atoms with E-state index < -0.39 is 0 Å². The number of nitrogens with two attached hydrogens (primary N) is 1. The van der Waals surface area contributed by atoms with E-state index in [2.05, 4.69) is 0 Å². The summed E-state index contributed by atoms with van der Waals surface area (Å²) in [5.41, 5.74) is 5.76. The number of carbonyl (C=O) groups excluding carboxylic acids is 1. The molecule has 0 rings (SSSR count). The average molecular weight is 127 g/mol. The molecule has 0 aromatic carbocycles. The quantitative estimate of drug-likeness (QED) is 0.569. The molecule has 0 saturated carbocycles. The third-order valence-electron chi connectivity index (χ3n) is 1.15. The van der Waals surface area contributed by atoms with Gasteiger partial charge in [0.2, 0.25) is 5.91 Å². The molecule has 0 atom stereocenters. The summed E-state index contributed by atoms with van der Waals surface area (Å²) in [5.74, 6) is -0.292. The Balaban J connectivity index is 3.98. The molecule has 0 aromatic rings. The molecule has 0 fully saturated rings. The van der Waals surface area contributed by atoms with E-state index in [1.807, 2.05) is 19.9 Å². The standard InChI is InChI=1S/C7H13NO/c1-3-5-6(4-2)7(8)9/h5H,3-4H2,1-2H3,(H2,8,9)/b6-5-. The first-order chi connectivity index (χ1) is 4.22. The van der Waals surface area contributed by atoms with E-state index in [0.29, 0.717) is 0 Å². The van der Waals surface area contributed by atoms with Crippen LogP contribution >= 0.6 is 0 Å². The second-order valence-electron chi connectivity index (χ2n) is 1.86. The van der Waals surface area contributed by atoms with Crippen LogP contribution in [0.15, 0.2) is 11.6 Å². The van der Waals surface area contributed by atoms with E-state index in [9.17, 15) is 4.79 Å². The zero-order chi connectivity index (χ0) is 7.28. The Hall–Kier alpha value is -0.790. The van der Waals surface area contributed by atoms with Crippen LogP contribution in [0.25, 0.3) is 0 Å². The Morgan fingerprint density at radius 2 is 2.11 bits per heavy atom. The van der Waals surface area contributed by atoms with Gasteiger partial charge in [0.1, 0.15) is 0 Å². The van der Waals surface area contributed by atoms with E-state index in [4.69, 9.17) is 5.73 Å². The highest BCUT2D eigenvalue weighted by Crippen LogP contribution is 1.99. The molecule has 0 aliphatic heterocycles. The first-order valence-electron chi connectivity index (χ1n) is 3.21. The molecule has 0 heterocycles. The van der Waals surface area contributed by atoms with Gasteiger partial charge >= 0.3 is 0 Å². The van der Waals surface area contributed by atoms with Crippen LogP contribution in [0.3, 0.4) is 0 Å². The van der Waals surface area contributed by atoms with E-state index in [1.165, 1.54) is 0 Å². The minimum Gasteiger partial charge on any atom is -0.366 e. The number of carbonyl (C=O) groups is 1. The molecule has 0 aliphatic rings. The van der Waals surface area contributed by atoms with Crippen molar-refractivity contribution in [2.75, 3.05) is 0 Å². The molecule has 0 unspecified atom stereocenters. The zero-order valence-electron chi connectivity index (χ0n) is 5.98. The van der Waals surface area contributed by atoms with E-state index in [1.54, 1.807) is 0 Å². The van der Waals surface area contributed by atoms with Crippen LogP contribution in [0.5, 0.6) is 0 Å². The van der Waals surface area contributed by atoms with Gasteiger partial charge < -0.3 is 5.73 Å². The maximum absolute atomic E-state index is 10.5. The van der Waals surface area contributed by atoms with Crippen LogP contribution < -0.4 is 5.73 Å². The van der Waals surface area contributed by atoms with Gasteiger partial charge in [0, 0.05) is 5.57 Å². The van der Waals surface area contributed by atoms with Gasteiger partial charge in [-0.05, 0) is 12.8 Å². The molecular weight excluding hydrogens is 114 g/mol. The summed E-state index contributed by atoms with van der Waals surface area (Å²) in [6, 6.07) is 0. The van der Waals surface area contributed by atoms with Crippen molar-refractivity contribution in [3.8, 4) is 0 Å². The predicted octanol–water partition coefficient (Wildman–Crippen LogP) is 1.22. The maximum Gasteiger partial charge on any atom is 0.244 e. The highest BCUT2D eigenvalue weighted by Gasteiger charge is 1.97. The van der Waals surface area contributed by atoms with E-state index in [-0.39, 0.29) is 5.91 Å². The van der Waals surface area contributed by atoms with Gasteiger partial charge in [0.05, 0.1) is 0 Å². The summed E-state index contributed by atoms with van der Waals surface area (Å²) < 4.78 is 0. The summed E-state index contributed by atoms with van der Waals surface area (Å²) in [6.07, 6.45) is 3.48. The van der Waals surface area contributed by atoms with Crippen LogP contribution in [0.4, 0.5) is 0 Å². The Kier molecular flexibility index (Phi) is 3.76. The SMILES string of the molecule is CC/C=C(/CC)C(N)=O. The molecule has 2 nitrogen and oxygen atoms in total. The largest absolute Gasteiger partial charge is 0.366 e. The van der Waals surface area contributed by atoms with Gasteiger partial charge in [-0.3, -0.25) is 4.79 Å². The van der Waals surface area contributed by atoms with Crippen molar-refractivity contribution >= 4 is 5.91 Å². The van der Waals surface area contributed by atoms with Crippen molar-refractivity contribution in [1.29, 1.82) is 0 Å². The van der Waals surface area contributed by atoms with Gasteiger partial charge in [0.25, 0.3) is 0 Å². The third-order valence-corrected chi connectivity index (χ3v) is 1.15. The molecule has 52 valence electrons. The summed E-state index contributed by atoms with van der Waals surface area (Å²) in [5, 5.41) is 0. The fraction of sp³-hybridized carbons (Fsp3) is 0.571. The molecule has 0 spiro atoms. The van der Waals surface area contributed by atoms with Gasteiger partial charge in [0.15, 0.2) is 0 Å². The maximum atomic E-state index is 10.5. The first-order valence-corrected chi connectivity index (χ1v) is 3.21. The Morgan fingerprint density at radius 3 is 2.22 bits per heavy atom. The lowest BCUT2D eigenvalue weighted by Crippen LogP contribution is -2.13. The zero-order valence-corrected chi connectivity index (χ0v) is 5.98. The number of hydrogen-bond acceptors (Lipinski definition) is 1. The average Bonchev–Trinajstić information content (AvgIpc) is 1.82. The molecule has 1 amide bonds. The number of amides is 1. The highest BCUT2D eigenvalue weighted by molar-refractivity contribution is 5.91. The Bertz CT molecular complexity index is 127. The molecule has 0 bridgehead atoms. The van der Waals surface area contributed by atoms with Gasteiger partial charge in [-0.1, -0.05) is 19.9 Å². The van der Waals surface area contributed by atoms with Crippen molar-refractivity contribution in [2.45, 2.75) is 26.7 Å². The summed E-state index contributed by atoms with van der Waals surface area (Å²) in [6.45, 7) is 3.91. The molecular formula is C7H13NO. The van der Waals surface area contributed by atoms with Crippen LogP contribution in [-0.2, 0) is 4.79 Å². The van der Waals surface area contributed by atoms with Crippen LogP contribution in [-0.4, -0.2) is 5.91 Å². The van der Waals surface area contributed by atoms with Crippen molar-refractivity contribution in [2.24, 2.45) is 5.73 Å². The lowest BCUT2D eigenvalue weighted by atomic mass is 10.1. The lowest BCUT2D eigenvalue weighted by Gasteiger charge is -1.94. The Labute approximate surface area is 55.7 Å². The minimum absolute atomic E-state index is 0.292. The minimum atomic E-state index is -0.292. The molecule has 0 saturated heterocycles. The normalized spacial score (nSPS) is 11.6. The molecule has 2 N–H and O–H groups in total. The first kappa shape index (κ1) is 8.21. The van der Waals surface area contributed by atoms with E-state index in [0.717, 1.165) is 18.4 Å². The van der Waals surface area contributed by atoms with Crippen molar-refractivity contribution in [1.82, 2.24) is 0 Å². The molecule has 0 aliphatic carbocycles. The molecule has 0 radical (unpaired) electrons. The van der Waals surface area contributed by atoms with Gasteiger partial charge in [-0.2, -0.15) is 0 Å². The summed E-state index contributed by atoms with van der Waals surface area (Å²) >= 11 is 0. The molecule has 2 heteroatoms. The van der Waals surface area contributed by atoms with Gasteiger partial charge in [-0.25, -0.2) is 0 Å². The third kappa shape index (κ3) is 2.90. The van der Waals surface area contributed by atoms with Crippen molar-refractivity contribution in [3.05, 3.63) is 11.6 Å². The van der Waals surface area contributed by atoms with Crippen LogP contribution in [0, 0.1) is 0 Å².